The number of hydrogen-bond acceptors (Lipinski definition) is 6. The number of fused-ring (bicyclic) bond motifs is 1. The van der Waals surface area contributed by atoms with Crippen LogP contribution < -0.4 is 10.5 Å². The highest BCUT2D eigenvalue weighted by atomic mass is 16.5. The lowest BCUT2D eigenvalue weighted by Crippen LogP contribution is -2.19. The van der Waals surface area contributed by atoms with E-state index < -0.39 is 0 Å². The smallest absolute Gasteiger partial charge is 0.318 e. The molecule has 0 bridgehead atoms. The largest absolute Gasteiger partial charge is 0.463 e. The molecule has 0 saturated carbocycles. The molecule has 4 rings (SSSR count). The summed E-state index contributed by atoms with van der Waals surface area (Å²) in [7, 11) is 0. The molecule has 28 heavy (non-hydrogen) atoms. The number of unbranched alkanes of at least 4 members (excludes halogenated alkanes) is 1. The average Bonchev–Trinajstić information content (AvgIpc) is 3.34. The minimum Gasteiger partial charge on any atom is -0.463 e. The van der Waals surface area contributed by atoms with Gasteiger partial charge in [0.25, 0.3) is 0 Å². The normalized spacial score (nSPS) is 16.2. The molecular formula is C22H29N5O. The first-order valence-corrected chi connectivity index (χ1v) is 10.4. The van der Waals surface area contributed by atoms with Crippen molar-refractivity contribution in [3.8, 4) is 6.01 Å². The van der Waals surface area contributed by atoms with E-state index in [4.69, 9.17) is 10.5 Å². The summed E-state index contributed by atoms with van der Waals surface area (Å²) in [6.45, 7) is 6.09. The van der Waals surface area contributed by atoms with Crippen molar-refractivity contribution in [2.75, 3.05) is 25.4 Å². The highest BCUT2D eigenvalue weighted by molar-refractivity contribution is 5.75. The number of nitrogens with zero attached hydrogens (tertiary/aromatic N) is 4. The van der Waals surface area contributed by atoms with E-state index in [1.165, 1.54) is 37.1 Å². The molecule has 6 nitrogen and oxygen atoms in total. The van der Waals surface area contributed by atoms with Gasteiger partial charge < -0.3 is 10.5 Å². The van der Waals surface area contributed by atoms with Gasteiger partial charge in [-0.05, 0) is 56.0 Å². The maximum Gasteiger partial charge on any atom is 0.318 e. The zero-order valence-electron chi connectivity index (χ0n) is 16.7. The van der Waals surface area contributed by atoms with E-state index in [0.717, 1.165) is 49.2 Å². The van der Waals surface area contributed by atoms with Gasteiger partial charge in [-0.15, -0.1) is 0 Å². The van der Waals surface area contributed by atoms with Gasteiger partial charge in [-0.2, -0.15) is 9.97 Å². The highest BCUT2D eigenvalue weighted by Crippen LogP contribution is 2.32. The number of ether oxygens (including phenoxy) is 1. The number of aromatic nitrogens is 3. The quantitative estimate of drug-likeness (QED) is 0.708. The molecule has 0 radical (unpaired) electrons. The second kappa shape index (κ2) is 8.69. The van der Waals surface area contributed by atoms with Crippen molar-refractivity contribution in [1.29, 1.82) is 0 Å². The minimum atomic E-state index is 0.386. The maximum atomic E-state index is 6.15. The zero-order valence-corrected chi connectivity index (χ0v) is 16.7. The molecule has 1 aliphatic carbocycles. The topological polar surface area (TPSA) is 77.2 Å². The Morgan fingerprint density at radius 2 is 2.04 bits per heavy atom. The molecule has 6 heteroatoms. The molecule has 1 aliphatic heterocycles. The Morgan fingerprint density at radius 3 is 2.79 bits per heavy atom. The van der Waals surface area contributed by atoms with Crippen molar-refractivity contribution in [1.82, 2.24) is 19.9 Å². The van der Waals surface area contributed by atoms with Crippen molar-refractivity contribution in [3.63, 3.8) is 0 Å². The summed E-state index contributed by atoms with van der Waals surface area (Å²) in [5.74, 6) is 0.529. The van der Waals surface area contributed by atoms with E-state index in [9.17, 15) is 0 Å². The van der Waals surface area contributed by atoms with Crippen LogP contribution in [0, 0.1) is 0 Å². The van der Waals surface area contributed by atoms with Gasteiger partial charge in [-0.25, -0.2) is 0 Å². The Hall–Kier alpha value is -2.47. The predicted octanol–water partition coefficient (Wildman–Crippen LogP) is 3.41. The van der Waals surface area contributed by atoms with Gasteiger partial charge in [-0.1, -0.05) is 25.5 Å². The number of anilines is 1. The third-order valence-electron chi connectivity index (χ3n) is 5.47. The summed E-state index contributed by atoms with van der Waals surface area (Å²) >= 11 is 0. The summed E-state index contributed by atoms with van der Waals surface area (Å²) in [5.41, 5.74) is 11.6. The summed E-state index contributed by atoms with van der Waals surface area (Å²) in [5, 5.41) is 0. The average molecular weight is 380 g/mol. The Labute approximate surface area is 166 Å². The van der Waals surface area contributed by atoms with Crippen LogP contribution >= 0.6 is 0 Å². The van der Waals surface area contributed by atoms with Gasteiger partial charge in [0.15, 0.2) is 0 Å². The Balaban J connectivity index is 1.43. The Bertz CT molecular complexity index is 841. The maximum absolute atomic E-state index is 6.15. The van der Waals surface area contributed by atoms with E-state index in [2.05, 4.69) is 45.0 Å². The fourth-order valence-electron chi connectivity index (χ4n) is 3.84. The van der Waals surface area contributed by atoms with E-state index in [1.807, 2.05) is 6.20 Å². The predicted molar refractivity (Wildman–Crippen MR) is 111 cm³/mol. The van der Waals surface area contributed by atoms with Crippen LogP contribution in [-0.2, 0) is 19.4 Å². The molecule has 0 aromatic carbocycles. The van der Waals surface area contributed by atoms with Crippen LogP contribution in [0.25, 0.3) is 5.57 Å². The van der Waals surface area contributed by atoms with Crippen molar-refractivity contribution < 1.29 is 4.74 Å². The first kappa shape index (κ1) is 18.9. The van der Waals surface area contributed by atoms with Crippen LogP contribution in [0.15, 0.2) is 24.4 Å². The van der Waals surface area contributed by atoms with Gasteiger partial charge in [0, 0.05) is 24.7 Å². The molecule has 2 aromatic rings. The molecule has 2 N–H and O–H groups in total. The van der Waals surface area contributed by atoms with Crippen LogP contribution in [0.2, 0.25) is 0 Å². The number of nitrogen functional groups attached to an aromatic ring is 1. The number of hydrogen-bond donors (Lipinski definition) is 1. The fraction of sp³-hybridized carbons (Fsp3) is 0.500. The van der Waals surface area contributed by atoms with Crippen molar-refractivity contribution >= 4 is 11.4 Å². The molecular weight excluding hydrogens is 350 g/mol. The van der Waals surface area contributed by atoms with Crippen LogP contribution in [0.1, 0.15) is 55.1 Å². The van der Waals surface area contributed by atoms with Gasteiger partial charge in [0.1, 0.15) is 5.82 Å². The zero-order chi connectivity index (χ0) is 19.3. The second-order valence-electron chi connectivity index (χ2n) is 7.67. The van der Waals surface area contributed by atoms with Crippen LogP contribution in [0.5, 0.6) is 6.01 Å². The third kappa shape index (κ3) is 4.33. The van der Waals surface area contributed by atoms with Gasteiger partial charge in [0.2, 0.25) is 0 Å². The van der Waals surface area contributed by atoms with Crippen molar-refractivity contribution in [2.24, 2.45) is 0 Å². The summed E-state index contributed by atoms with van der Waals surface area (Å²) in [6.07, 6.45) is 10.4. The summed E-state index contributed by atoms with van der Waals surface area (Å²) in [6, 6.07) is 4.72. The third-order valence-corrected chi connectivity index (χ3v) is 5.47. The molecule has 2 aliphatic rings. The van der Waals surface area contributed by atoms with Gasteiger partial charge in [0.05, 0.1) is 18.0 Å². The van der Waals surface area contributed by atoms with E-state index in [1.54, 1.807) is 0 Å². The summed E-state index contributed by atoms with van der Waals surface area (Å²) in [4.78, 5) is 16.1. The molecule has 1 saturated heterocycles. The fourth-order valence-corrected chi connectivity index (χ4v) is 3.84. The lowest BCUT2D eigenvalue weighted by Gasteiger charge is -2.14. The SMILES string of the molecule is CCCCOc1nc(N)c2c(n1)C(Cc1ccc(CN3CCCC3)nc1)=CC2. The van der Waals surface area contributed by atoms with Crippen LogP contribution in [0.3, 0.4) is 0 Å². The van der Waals surface area contributed by atoms with Crippen LogP contribution in [-0.4, -0.2) is 39.5 Å². The monoisotopic (exact) mass is 379 g/mol. The standard InChI is InChI=1S/C22H29N5O/c1-2-3-12-28-22-25-20-17(7-9-19(20)21(23)26-22)13-16-6-8-18(24-14-16)15-27-10-4-5-11-27/h6-8,14H,2-5,9-13,15H2,1H3,(H2,23,25,26). The number of likely N-dealkylation sites (tertiary alicyclic amines) is 1. The number of rotatable bonds is 8. The summed E-state index contributed by atoms with van der Waals surface area (Å²) < 4.78 is 5.68. The Morgan fingerprint density at radius 1 is 1.18 bits per heavy atom. The number of pyridine rings is 1. The molecule has 2 aromatic heterocycles. The molecule has 148 valence electrons. The van der Waals surface area contributed by atoms with Gasteiger partial charge >= 0.3 is 6.01 Å². The van der Waals surface area contributed by atoms with Crippen LogP contribution in [0.4, 0.5) is 5.82 Å². The minimum absolute atomic E-state index is 0.386. The van der Waals surface area contributed by atoms with Crippen molar-refractivity contribution in [3.05, 3.63) is 46.9 Å². The second-order valence-corrected chi connectivity index (χ2v) is 7.67. The molecule has 0 unspecified atom stereocenters. The highest BCUT2D eigenvalue weighted by Gasteiger charge is 2.21. The molecule has 0 spiro atoms. The van der Waals surface area contributed by atoms with E-state index in [0.29, 0.717) is 18.4 Å². The molecule has 3 heterocycles. The Kier molecular flexibility index (Phi) is 5.86. The van der Waals surface area contributed by atoms with E-state index in [-0.39, 0.29) is 0 Å². The molecule has 0 atom stereocenters. The first-order chi connectivity index (χ1) is 13.7. The number of allylic oxidation sites excluding steroid dienone is 2. The molecule has 0 amide bonds. The van der Waals surface area contributed by atoms with Gasteiger partial charge in [-0.3, -0.25) is 9.88 Å². The van der Waals surface area contributed by atoms with Crippen molar-refractivity contribution in [2.45, 2.75) is 52.0 Å². The lowest BCUT2D eigenvalue weighted by molar-refractivity contribution is 0.285. The van der Waals surface area contributed by atoms with E-state index >= 15 is 0 Å². The molecule has 1 fully saturated rings. The first-order valence-electron chi connectivity index (χ1n) is 10.4. The number of nitrogens with two attached hydrogens (primary N) is 1. The lowest BCUT2D eigenvalue weighted by atomic mass is 10.0.